The van der Waals surface area contributed by atoms with Crippen molar-refractivity contribution in [2.75, 3.05) is 13.2 Å². The minimum atomic E-state index is -1.00. The largest absolute Gasteiger partial charge is 0.491 e. The molecule has 0 radical (unpaired) electrons. The maximum atomic E-state index is 11.0. The molecule has 7 heteroatoms. The fraction of sp³-hybridized carbons (Fsp3) is 0.308. The molecule has 0 amide bonds. The van der Waals surface area contributed by atoms with Crippen LogP contribution in [0, 0.1) is 6.92 Å². The summed E-state index contributed by atoms with van der Waals surface area (Å²) >= 11 is 0. The number of hydrogen-bond acceptors (Lipinski definition) is 6. The maximum Gasteiger partial charge on any atom is 0.339 e. The Bertz CT molecular complexity index is 583. The Balaban J connectivity index is 1.75. The average molecular weight is 277 g/mol. The lowest BCUT2D eigenvalue weighted by molar-refractivity contribution is 0.0692. The van der Waals surface area contributed by atoms with Gasteiger partial charge in [0.1, 0.15) is 17.9 Å². The van der Waals surface area contributed by atoms with Crippen LogP contribution in [0.2, 0.25) is 0 Å². The second-order valence-electron chi connectivity index (χ2n) is 4.06. The second-order valence-corrected chi connectivity index (χ2v) is 4.06. The van der Waals surface area contributed by atoms with Crippen LogP contribution in [0.15, 0.2) is 28.8 Å². The van der Waals surface area contributed by atoms with Crippen molar-refractivity contribution in [2.24, 2.45) is 0 Å². The van der Waals surface area contributed by atoms with E-state index in [0.717, 1.165) is 0 Å². The number of carbonyl (C=O) groups is 1. The highest BCUT2D eigenvalue weighted by molar-refractivity contribution is 5.90. The number of aryl methyl sites for hydroxylation is 1. The molecule has 0 aliphatic rings. The molecule has 0 fully saturated rings. The van der Waals surface area contributed by atoms with Crippen molar-refractivity contribution < 1.29 is 19.2 Å². The van der Waals surface area contributed by atoms with E-state index in [4.69, 9.17) is 14.4 Å². The highest BCUT2D eigenvalue weighted by Crippen LogP contribution is 2.17. The van der Waals surface area contributed by atoms with E-state index >= 15 is 0 Å². The fourth-order valence-electron chi connectivity index (χ4n) is 1.61. The van der Waals surface area contributed by atoms with Crippen LogP contribution in [0.1, 0.15) is 22.1 Å². The van der Waals surface area contributed by atoms with E-state index in [1.165, 1.54) is 6.07 Å². The van der Waals surface area contributed by atoms with Crippen LogP contribution in [-0.2, 0) is 6.54 Å². The highest BCUT2D eigenvalue weighted by Gasteiger charge is 2.09. The third-order valence-corrected chi connectivity index (χ3v) is 2.50. The van der Waals surface area contributed by atoms with Crippen molar-refractivity contribution in [2.45, 2.75) is 13.5 Å². The summed E-state index contributed by atoms with van der Waals surface area (Å²) < 4.78 is 10.4. The molecule has 2 N–H and O–H groups in total. The number of carboxylic acid groups (broad SMARTS) is 1. The molecule has 1 aromatic heterocycles. The van der Waals surface area contributed by atoms with E-state index in [2.05, 4.69) is 15.5 Å². The van der Waals surface area contributed by atoms with Gasteiger partial charge in [0, 0.05) is 6.54 Å². The molecule has 106 valence electrons. The van der Waals surface area contributed by atoms with Gasteiger partial charge in [0.25, 0.3) is 0 Å². The first-order chi connectivity index (χ1) is 9.66. The molecular weight excluding hydrogens is 262 g/mol. The zero-order valence-electron chi connectivity index (χ0n) is 11.0. The van der Waals surface area contributed by atoms with Gasteiger partial charge in [-0.25, -0.2) is 4.79 Å². The number of nitrogens with one attached hydrogen (secondary N) is 1. The molecule has 0 aliphatic carbocycles. The Morgan fingerprint density at radius 1 is 1.45 bits per heavy atom. The monoisotopic (exact) mass is 277 g/mol. The quantitative estimate of drug-likeness (QED) is 0.735. The van der Waals surface area contributed by atoms with Gasteiger partial charge in [-0.15, -0.1) is 0 Å². The van der Waals surface area contributed by atoms with Crippen molar-refractivity contribution in [3.8, 4) is 5.75 Å². The summed E-state index contributed by atoms with van der Waals surface area (Å²) in [6.07, 6.45) is 0. The van der Waals surface area contributed by atoms with Crippen LogP contribution in [0.3, 0.4) is 0 Å². The average Bonchev–Trinajstić information content (AvgIpc) is 2.84. The predicted octanol–water partition coefficient (Wildman–Crippen LogP) is 1.24. The van der Waals surface area contributed by atoms with Crippen LogP contribution in [0.4, 0.5) is 0 Å². The summed E-state index contributed by atoms with van der Waals surface area (Å²) in [6, 6.07) is 6.53. The number of carboxylic acids is 1. The Hall–Kier alpha value is -2.41. The van der Waals surface area contributed by atoms with Gasteiger partial charge >= 0.3 is 5.97 Å². The molecule has 0 saturated heterocycles. The van der Waals surface area contributed by atoms with Crippen molar-refractivity contribution in [1.29, 1.82) is 0 Å². The number of hydrogen-bond donors (Lipinski definition) is 2. The molecule has 20 heavy (non-hydrogen) atoms. The molecule has 1 aromatic carbocycles. The number of aromatic nitrogens is 2. The van der Waals surface area contributed by atoms with Gasteiger partial charge in [-0.2, -0.15) is 4.98 Å². The molecule has 0 aliphatic heterocycles. The number of ether oxygens (including phenoxy) is 1. The highest BCUT2D eigenvalue weighted by atomic mass is 16.5. The summed E-state index contributed by atoms with van der Waals surface area (Å²) in [5, 5.41) is 15.7. The number of para-hydroxylation sites is 1. The van der Waals surface area contributed by atoms with E-state index in [1.54, 1.807) is 25.1 Å². The Kier molecular flexibility index (Phi) is 4.67. The van der Waals surface area contributed by atoms with Crippen LogP contribution in [0.5, 0.6) is 5.75 Å². The summed E-state index contributed by atoms with van der Waals surface area (Å²) in [6.45, 7) is 3.08. The van der Waals surface area contributed by atoms with Crippen LogP contribution in [-0.4, -0.2) is 34.4 Å². The van der Waals surface area contributed by atoms with E-state index in [-0.39, 0.29) is 5.56 Å². The zero-order valence-corrected chi connectivity index (χ0v) is 11.0. The van der Waals surface area contributed by atoms with E-state index < -0.39 is 5.97 Å². The van der Waals surface area contributed by atoms with Gasteiger partial charge in [0.05, 0.1) is 6.54 Å². The predicted molar refractivity (Wildman–Crippen MR) is 69.6 cm³/mol. The van der Waals surface area contributed by atoms with Crippen molar-refractivity contribution in [3.63, 3.8) is 0 Å². The Morgan fingerprint density at radius 2 is 2.25 bits per heavy atom. The lowest BCUT2D eigenvalue weighted by Gasteiger charge is -2.08. The molecule has 0 unspecified atom stereocenters. The SMILES string of the molecule is Cc1noc(CNCCOc2ccccc2C(=O)O)n1. The first kappa shape index (κ1) is 14.0. The fourth-order valence-corrected chi connectivity index (χ4v) is 1.61. The van der Waals surface area contributed by atoms with E-state index in [0.29, 0.717) is 37.2 Å². The van der Waals surface area contributed by atoms with Gasteiger partial charge in [-0.3, -0.25) is 0 Å². The lowest BCUT2D eigenvalue weighted by Crippen LogP contribution is -2.21. The first-order valence-corrected chi connectivity index (χ1v) is 6.12. The van der Waals surface area contributed by atoms with Gasteiger partial charge in [-0.1, -0.05) is 17.3 Å². The molecule has 2 rings (SSSR count). The smallest absolute Gasteiger partial charge is 0.339 e. The minimum absolute atomic E-state index is 0.153. The summed E-state index contributed by atoms with van der Waals surface area (Å²) in [5.74, 6) is 0.451. The molecule has 0 saturated carbocycles. The molecule has 2 aromatic rings. The third kappa shape index (κ3) is 3.79. The number of rotatable bonds is 7. The minimum Gasteiger partial charge on any atom is -0.491 e. The third-order valence-electron chi connectivity index (χ3n) is 2.50. The van der Waals surface area contributed by atoms with Gasteiger partial charge < -0.3 is 19.7 Å². The standard InChI is InChI=1S/C13H15N3O4/c1-9-15-12(20-16-9)8-14-6-7-19-11-5-3-2-4-10(11)13(17)18/h2-5,14H,6-8H2,1H3,(H,17,18). The second kappa shape index (κ2) is 6.67. The Labute approximate surface area is 115 Å². The number of nitrogens with zero attached hydrogens (tertiary/aromatic N) is 2. The normalized spacial score (nSPS) is 10.4. The van der Waals surface area contributed by atoms with Gasteiger partial charge in [0.2, 0.25) is 5.89 Å². The molecule has 1 heterocycles. The van der Waals surface area contributed by atoms with Crippen molar-refractivity contribution in [3.05, 3.63) is 41.5 Å². The summed E-state index contributed by atoms with van der Waals surface area (Å²) in [5.41, 5.74) is 0.153. The lowest BCUT2D eigenvalue weighted by atomic mass is 10.2. The number of benzene rings is 1. The van der Waals surface area contributed by atoms with Crippen LogP contribution < -0.4 is 10.1 Å². The summed E-state index contributed by atoms with van der Waals surface area (Å²) in [4.78, 5) is 15.0. The van der Waals surface area contributed by atoms with Gasteiger partial charge in [-0.05, 0) is 19.1 Å². The molecule has 0 atom stereocenters. The number of aromatic carboxylic acids is 1. The summed E-state index contributed by atoms with van der Waals surface area (Å²) in [7, 11) is 0. The Morgan fingerprint density at radius 3 is 2.95 bits per heavy atom. The van der Waals surface area contributed by atoms with Gasteiger partial charge in [0.15, 0.2) is 5.82 Å². The maximum absolute atomic E-state index is 11.0. The van der Waals surface area contributed by atoms with Crippen molar-refractivity contribution in [1.82, 2.24) is 15.5 Å². The van der Waals surface area contributed by atoms with Crippen molar-refractivity contribution >= 4 is 5.97 Å². The van der Waals surface area contributed by atoms with Crippen LogP contribution in [0.25, 0.3) is 0 Å². The molecule has 0 bridgehead atoms. The zero-order chi connectivity index (χ0) is 14.4. The molecule has 0 spiro atoms. The first-order valence-electron chi connectivity index (χ1n) is 6.12. The van der Waals surface area contributed by atoms with E-state index in [1.807, 2.05) is 0 Å². The van der Waals surface area contributed by atoms with Crippen LogP contribution >= 0.6 is 0 Å². The molecular formula is C13H15N3O4. The van der Waals surface area contributed by atoms with E-state index in [9.17, 15) is 4.79 Å². The topological polar surface area (TPSA) is 97.5 Å². The molecule has 7 nitrogen and oxygen atoms in total.